The van der Waals surface area contributed by atoms with Crippen molar-refractivity contribution in [3.05, 3.63) is 72.5 Å². The van der Waals surface area contributed by atoms with E-state index in [1.165, 1.54) is 82.7 Å². The second-order valence-corrected chi connectivity index (χ2v) is 7.86. The van der Waals surface area contributed by atoms with E-state index in [9.17, 15) is 0 Å². The van der Waals surface area contributed by atoms with Crippen molar-refractivity contribution in [2.45, 2.75) is 77.0 Å². The molecule has 1 nitrogen and oxygen atoms in total. The fourth-order valence-electron chi connectivity index (χ4n) is 3.90. The molecule has 27 heavy (non-hydrogen) atoms. The summed E-state index contributed by atoms with van der Waals surface area (Å²) in [6.45, 7) is 1.08. The topological polar surface area (TPSA) is 12.0 Å². The van der Waals surface area contributed by atoms with Gasteiger partial charge in [-0.25, -0.2) is 0 Å². The van der Waals surface area contributed by atoms with Crippen LogP contribution in [-0.4, -0.2) is 6.54 Å². The van der Waals surface area contributed by atoms with Crippen LogP contribution in [0.2, 0.25) is 0 Å². The summed E-state index contributed by atoms with van der Waals surface area (Å²) in [6.07, 6.45) is 40.2. The maximum absolute atomic E-state index is 3.65. The van der Waals surface area contributed by atoms with Gasteiger partial charge in [0.2, 0.25) is 0 Å². The molecule has 1 N–H and O–H groups in total. The van der Waals surface area contributed by atoms with Crippen LogP contribution in [0.4, 0.5) is 0 Å². The summed E-state index contributed by atoms with van der Waals surface area (Å²) in [6, 6.07) is 0. The first kappa shape index (κ1) is 21.5. The van der Waals surface area contributed by atoms with E-state index in [4.69, 9.17) is 0 Å². The Hall–Kier alpha value is -1.76. The minimum Gasteiger partial charge on any atom is -0.385 e. The molecule has 0 aliphatic heterocycles. The predicted octanol–water partition coefficient (Wildman–Crippen LogP) is 7.57. The van der Waals surface area contributed by atoms with Crippen LogP contribution in [0.25, 0.3) is 0 Å². The molecule has 1 fully saturated rings. The van der Waals surface area contributed by atoms with Gasteiger partial charge in [0.15, 0.2) is 0 Å². The number of nitrogens with one attached hydrogen (secondary N) is 1. The molecular formula is C26H39N. The molecule has 0 spiro atoms. The van der Waals surface area contributed by atoms with E-state index in [0.717, 1.165) is 12.5 Å². The molecule has 0 atom stereocenters. The van der Waals surface area contributed by atoms with Gasteiger partial charge in [0, 0.05) is 12.2 Å². The van der Waals surface area contributed by atoms with Crippen LogP contribution < -0.4 is 5.32 Å². The molecule has 1 heteroatoms. The lowest BCUT2D eigenvalue weighted by molar-refractivity contribution is 0.372. The fraction of sp³-hybridized carbons (Fsp3) is 0.538. The number of rotatable bonds is 4. The summed E-state index contributed by atoms with van der Waals surface area (Å²) < 4.78 is 0. The van der Waals surface area contributed by atoms with E-state index >= 15 is 0 Å². The molecule has 0 bridgehead atoms. The van der Waals surface area contributed by atoms with Crippen LogP contribution in [0.15, 0.2) is 72.5 Å². The van der Waals surface area contributed by atoms with Crippen LogP contribution in [-0.2, 0) is 0 Å². The van der Waals surface area contributed by atoms with E-state index in [1.54, 1.807) is 0 Å². The highest BCUT2D eigenvalue weighted by Gasteiger charge is 2.09. The average Bonchev–Trinajstić information content (AvgIpc) is 2.65. The van der Waals surface area contributed by atoms with Gasteiger partial charge in [-0.05, 0) is 24.5 Å². The lowest BCUT2D eigenvalue weighted by Crippen LogP contribution is -2.17. The van der Waals surface area contributed by atoms with Gasteiger partial charge in [0.25, 0.3) is 0 Å². The maximum Gasteiger partial charge on any atom is 0.0340 e. The third kappa shape index (κ3) is 11.5. The van der Waals surface area contributed by atoms with Crippen molar-refractivity contribution in [3.8, 4) is 0 Å². The Morgan fingerprint density at radius 2 is 1.07 bits per heavy atom. The molecular weight excluding hydrogens is 326 g/mol. The number of hydrogen-bond donors (Lipinski definition) is 1. The molecule has 0 aromatic carbocycles. The molecule has 1 saturated carbocycles. The molecule has 0 aromatic rings. The third-order valence-corrected chi connectivity index (χ3v) is 5.55. The summed E-state index contributed by atoms with van der Waals surface area (Å²) in [4.78, 5) is 0. The van der Waals surface area contributed by atoms with Gasteiger partial charge < -0.3 is 5.32 Å². The molecule has 0 heterocycles. The van der Waals surface area contributed by atoms with E-state index < -0.39 is 0 Å². The summed E-state index contributed by atoms with van der Waals surface area (Å²) in [5.41, 5.74) is 1.20. The van der Waals surface area contributed by atoms with Crippen molar-refractivity contribution >= 4 is 0 Å². The fourth-order valence-corrected chi connectivity index (χ4v) is 3.90. The third-order valence-electron chi connectivity index (χ3n) is 5.55. The SMILES string of the molecule is C1=C\C=C/C=C\C(NCCC2CCCCCCCCCCC2)=C/C=C\C=C/1. The molecule has 0 amide bonds. The zero-order valence-electron chi connectivity index (χ0n) is 17.1. The van der Waals surface area contributed by atoms with Crippen LogP contribution >= 0.6 is 0 Å². The molecule has 2 rings (SSSR count). The van der Waals surface area contributed by atoms with Gasteiger partial charge in [-0.1, -0.05) is 125 Å². The summed E-state index contributed by atoms with van der Waals surface area (Å²) >= 11 is 0. The van der Waals surface area contributed by atoms with Crippen molar-refractivity contribution in [2.75, 3.05) is 6.54 Å². The standard InChI is InChI=1S/C26H39N/c1-3-7-11-15-19-25(20-16-12-8-4-1)23-24-27-26-21-17-13-9-5-2-6-10-14-18-22-26/h2,5-6,9-10,13-14,17-18,21-22,25,27H,1,3-4,7-8,11-12,15-16,19-20,23-24H2/b5-2-,6-2?,9-5?,10-6-,13-9-,14-10?,17-13?,18-14-,21-17-,22-18?,26-21?,26-22+. The Balaban J connectivity index is 1.79. The van der Waals surface area contributed by atoms with Gasteiger partial charge >= 0.3 is 0 Å². The highest BCUT2D eigenvalue weighted by Crippen LogP contribution is 2.23. The van der Waals surface area contributed by atoms with E-state index in [1.807, 2.05) is 6.08 Å². The van der Waals surface area contributed by atoms with Gasteiger partial charge in [0.1, 0.15) is 0 Å². The van der Waals surface area contributed by atoms with Crippen LogP contribution in [0, 0.1) is 5.92 Å². The molecule has 2 aliphatic rings. The second kappa shape index (κ2) is 15.3. The van der Waals surface area contributed by atoms with Gasteiger partial charge in [0.05, 0.1) is 0 Å². The second-order valence-electron chi connectivity index (χ2n) is 7.86. The quantitative estimate of drug-likeness (QED) is 0.542. The highest BCUT2D eigenvalue weighted by molar-refractivity contribution is 5.28. The lowest BCUT2D eigenvalue weighted by atomic mass is 9.90. The van der Waals surface area contributed by atoms with Crippen LogP contribution in [0.1, 0.15) is 77.0 Å². The zero-order chi connectivity index (χ0) is 18.8. The largest absolute Gasteiger partial charge is 0.385 e. The Labute approximate surface area is 167 Å². The Kier molecular flexibility index (Phi) is 12.2. The monoisotopic (exact) mass is 365 g/mol. The minimum absolute atomic E-state index is 0.899. The van der Waals surface area contributed by atoms with Crippen molar-refractivity contribution in [1.29, 1.82) is 0 Å². The van der Waals surface area contributed by atoms with Crippen molar-refractivity contribution in [3.63, 3.8) is 0 Å². The van der Waals surface area contributed by atoms with Crippen molar-refractivity contribution < 1.29 is 0 Å². The van der Waals surface area contributed by atoms with Gasteiger partial charge in [-0.3, -0.25) is 0 Å². The van der Waals surface area contributed by atoms with E-state index in [2.05, 4.69) is 66.1 Å². The first-order chi connectivity index (χ1) is 13.4. The average molecular weight is 366 g/mol. The van der Waals surface area contributed by atoms with E-state index in [-0.39, 0.29) is 0 Å². The molecule has 0 radical (unpaired) electrons. The minimum atomic E-state index is 0.899. The molecule has 0 unspecified atom stereocenters. The predicted molar refractivity (Wildman–Crippen MR) is 121 cm³/mol. The summed E-state index contributed by atoms with van der Waals surface area (Å²) in [7, 11) is 0. The first-order valence-electron chi connectivity index (χ1n) is 11.2. The molecule has 0 saturated heterocycles. The summed E-state index contributed by atoms with van der Waals surface area (Å²) in [5.74, 6) is 0.899. The number of hydrogen-bond acceptors (Lipinski definition) is 1. The van der Waals surface area contributed by atoms with Gasteiger partial charge in [-0.2, -0.15) is 0 Å². The van der Waals surface area contributed by atoms with Crippen molar-refractivity contribution in [2.24, 2.45) is 5.92 Å². The Bertz CT molecular complexity index is 533. The van der Waals surface area contributed by atoms with Gasteiger partial charge in [-0.15, -0.1) is 0 Å². The molecule has 148 valence electrons. The maximum atomic E-state index is 3.65. The smallest absolute Gasteiger partial charge is 0.0340 e. The zero-order valence-corrected chi connectivity index (χ0v) is 17.1. The Morgan fingerprint density at radius 3 is 1.67 bits per heavy atom. The van der Waals surface area contributed by atoms with Crippen LogP contribution in [0.3, 0.4) is 0 Å². The highest BCUT2D eigenvalue weighted by atomic mass is 14.9. The summed E-state index contributed by atoms with van der Waals surface area (Å²) in [5, 5.41) is 3.65. The van der Waals surface area contributed by atoms with E-state index in [0.29, 0.717) is 0 Å². The molecule has 2 aliphatic carbocycles. The first-order valence-corrected chi connectivity index (χ1v) is 11.2. The normalized spacial score (nSPS) is 28.7. The molecule has 0 aromatic heterocycles. The number of allylic oxidation sites excluding steroid dienone is 11. The van der Waals surface area contributed by atoms with Crippen LogP contribution in [0.5, 0.6) is 0 Å². The Morgan fingerprint density at radius 1 is 0.593 bits per heavy atom. The lowest BCUT2D eigenvalue weighted by Gasteiger charge is -2.18. The van der Waals surface area contributed by atoms with Crippen molar-refractivity contribution in [1.82, 2.24) is 5.32 Å².